The highest BCUT2D eigenvalue weighted by Crippen LogP contribution is 2.26. The second kappa shape index (κ2) is 10.0. The molecule has 0 aliphatic carbocycles. The number of carbonyl (C=O) groups is 1. The van der Waals surface area contributed by atoms with Gasteiger partial charge >= 0.3 is 0 Å². The molecule has 0 fully saturated rings. The minimum Gasteiger partial charge on any atom is -0.491 e. The Kier molecular flexibility index (Phi) is 7.71. The van der Waals surface area contributed by atoms with E-state index in [2.05, 4.69) is 50.4 Å². The summed E-state index contributed by atoms with van der Waals surface area (Å²) < 4.78 is 5.80. The topological polar surface area (TPSA) is 38.3 Å². The van der Waals surface area contributed by atoms with E-state index in [9.17, 15) is 4.79 Å². The van der Waals surface area contributed by atoms with E-state index in [1.54, 1.807) is 0 Å². The summed E-state index contributed by atoms with van der Waals surface area (Å²) in [6.45, 7) is 9.16. The van der Waals surface area contributed by atoms with Crippen LogP contribution in [0.4, 0.5) is 5.69 Å². The van der Waals surface area contributed by atoms with Gasteiger partial charge in [-0.2, -0.15) is 0 Å². The monoisotopic (exact) mass is 353 g/mol. The number of ether oxygens (including phenoxy) is 1. The first-order valence-corrected chi connectivity index (χ1v) is 9.62. The summed E-state index contributed by atoms with van der Waals surface area (Å²) in [7, 11) is 0. The van der Waals surface area contributed by atoms with E-state index >= 15 is 0 Å². The summed E-state index contributed by atoms with van der Waals surface area (Å²) in [5.74, 6) is 1.12. The van der Waals surface area contributed by atoms with Crippen LogP contribution in [0, 0.1) is 5.92 Å². The number of anilines is 1. The van der Waals surface area contributed by atoms with E-state index in [1.807, 2.05) is 31.2 Å². The zero-order valence-electron chi connectivity index (χ0n) is 16.4. The van der Waals surface area contributed by atoms with Gasteiger partial charge in [0.05, 0.1) is 18.2 Å². The van der Waals surface area contributed by atoms with Gasteiger partial charge in [-0.25, -0.2) is 0 Å². The lowest BCUT2D eigenvalue weighted by Gasteiger charge is -2.16. The summed E-state index contributed by atoms with van der Waals surface area (Å²) in [5.41, 5.74) is 3.07. The lowest BCUT2D eigenvalue weighted by Crippen LogP contribution is -2.19. The number of nitrogens with one attached hydrogen (secondary N) is 1. The summed E-state index contributed by atoms with van der Waals surface area (Å²) in [6, 6.07) is 16.0. The van der Waals surface area contributed by atoms with Crippen molar-refractivity contribution >= 4 is 11.6 Å². The Labute approximate surface area is 157 Å². The molecule has 0 saturated carbocycles. The zero-order chi connectivity index (χ0) is 18.9. The van der Waals surface area contributed by atoms with Gasteiger partial charge in [-0.1, -0.05) is 63.6 Å². The van der Waals surface area contributed by atoms with Crippen LogP contribution in [0.5, 0.6) is 5.75 Å². The minimum absolute atomic E-state index is 0.0202. The van der Waals surface area contributed by atoms with Gasteiger partial charge in [0.25, 0.3) is 0 Å². The molecule has 2 aromatic rings. The van der Waals surface area contributed by atoms with E-state index in [4.69, 9.17) is 4.74 Å². The van der Waals surface area contributed by atoms with Crippen molar-refractivity contribution in [1.29, 1.82) is 0 Å². The molecule has 0 heterocycles. The average molecular weight is 354 g/mol. The molecule has 140 valence electrons. The standard InChI is InChI=1S/C23H31NO2/c1-5-6-15-26-22-10-8-7-9-21(22)24-23(25)18(4)20-13-11-19(12-14-20)16-17(2)3/h7-14,17-18H,5-6,15-16H2,1-4H3,(H,24,25). The molecule has 3 nitrogen and oxygen atoms in total. The van der Waals surface area contributed by atoms with Crippen molar-refractivity contribution in [3.05, 3.63) is 59.7 Å². The van der Waals surface area contributed by atoms with Gasteiger partial charge in [-0.05, 0) is 48.9 Å². The normalized spacial score (nSPS) is 12.0. The molecule has 0 radical (unpaired) electrons. The van der Waals surface area contributed by atoms with Crippen LogP contribution in [0.15, 0.2) is 48.5 Å². The third-order valence-electron chi connectivity index (χ3n) is 4.42. The van der Waals surface area contributed by atoms with Crippen LogP contribution in [0.3, 0.4) is 0 Å². The van der Waals surface area contributed by atoms with Crippen LogP contribution < -0.4 is 10.1 Å². The maximum absolute atomic E-state index is 12.7. The van der Waals surface area contributed by atoms with Gasteiger partial charge in [0.15, 0.2) is 0 Å². The van der Waals surface area contributed by atoms with E-state index < -0.39 is 0 Å². The molecule has 0 spiro atoms. The van der Waals surface area contributed by atoms with Crippen molar-refractivity contribution in [2.75, 3.05) is 11.9 Å². The maximum atomic E-state index is 12.7. The number of amides is 1. The van der Waals surface area contributed by atoms with Crippen molar-refractivity contribution < 1.29 is 9.53 Å². The lowest BCUT2D eigenvalue weighted by molar-refractivity contribution is -0.117. The van der Waals surface area contributed by atoms with Gasteiger partial charge in [0, 0.05) is 0 Å². The Morgan fingerprint density at radius 3 is 2.38 bits per heavy atom. The van der Waals surface area contributed by atoms with Crippen molar-refractivity contribution in [3.8, 4) is 5.75 Å². The summed E-state index contributed by atoms with van der Waals surface area (Å²) >= 11 is 0. The first-order valence-electron chi connectivity index (χ1n) is 9.62. The smallest absolute Gasteiger partial charge is 0.231 e. The Morgan fingerprint density at radius 2 is 1.73 bits per heavy atom. The highest BCUT2D eigenvalue weighted by molar-refractivity contribution is 5.96. The van der Waals surface area contributed by atoms with Crippen LogP contribution in [0.1, 0.15) is 57.6 Å². The van der Waals surface area contributed by atoms with E-state index in [1.165, 1.54) is 5.56 Å². The van der Waals surface area contributed by atoms with Crippen LogP contribution in [0.2, 0.25) is 0 Å². The number of unbranched alkanes of at least 4 members (excludes halogenated alkanes) is 1. The second-order valence-corrected chi connectivity index (χ2v) is 7.25. The van der Waals surface area contributed by atoms with Crippen LogP contribution in [-0.4, -0.2) is 12.5 Å². The molecule has 3 heteroatoms. The summed E-state index contributed by atoms with van der Waals surface area (Å²) in [4.78, 5) is 12.7. The average Bonchev–Trinajstić information content (AvgIpc) is 2.63. The van der Waals surface area contributed by atoms with E-state index in [0.29, 0.717) is 12.5 Å². The van der Waals surface area contributed by atoms with Crippen molar-refractivity contribution in [1.82, 2.24) is 0 Å². The molecule has 0 aliphatic heterocycles. The Balaban J connectivity index is 2.03. The number of hydrogen-bond donors (Lipinski definition) is 1. The maximum Gasteiger partial charge on any atom is 0.231 e. The fourth-order valence-corrected chi connectivity index (χ4v) is 2.83. The fourth-order valence-electron chi connectivity index (χ4n) is 2.83. The number of hydrogen-bond acceptors (Lipinski definition) is 2. The van der Waals surface area contributed by atoms with Crippen LogP contribution in [0.25, 0.3) is 0 Å². The van der Waals surface area contributed by atoms with E-state index in [0.717, 1.165) is 36.3 Å². The Bertz CT molecular complexity index is 692. The molecule has 1 N–H and O–H groups in total. The molecule has 1 unspecified atom stereocenters. The largest absolute Gasteiger partial charge is 0.491 e. The predicted octanol–water partition coefficient (Wildman–Crippen LogP) is 5.81. The highest BCUT2D eigenvalue weighted by atomic mass is 16.5. The summed E-state index contributed by atoms with van der Waals surface area (Å²) in [5, 5.41) is 3.02. The minimum atomic E-state index is -0.216. The SMILES string of the molecule is CCCCOc1ccccc1NC(=O)C(C)c1ccc(CC(C)C)cc1. The van der Waals surface area contributed by atoms with Crippen molar-refractivity contribution in [2.45, 2.75) is 52.9 Å². The van der Waals surface area contributed by atoms with E-state index in [-0.39, 0.29) is 11.8 Å². The molecule has 2 rings (SSSR count). The molecule has 0 saturated heterocycles. The second-order valence-electron chi connectivity index (χ2n) is 7.25. The fraction of sp³-hybridized carbons (Fsp3) is 0.435. The Hall–Kier alpha value is -2.29. The zero-order valence-corrected chi connectivity index (χ0v) is 16.4. The highest BCUT2D eigenvalue weighted by Gasteiger charge is 2.17. The predicted molar refractivity (Wildman–Crippen MR) is 109 cm³/mol. The molecule has 1 amide bonds. The first-order chi connectivity index (χ1) is 12.5. The van der Waals surface area contributed by atoms with Crippen LogP contribution >= 0.6 is 0 Å². The molecule has 0 bridgehead atoms. The molecule has 26 heavy (non-hydrogen) atoms. The molecule has 0 aliphatic rings. The Morgan fingerprint density at radius 1 is 1.04 bits per heavy atom. The molecule has 0 aromatic heterocycles. The molecule has 1 atom stereocenters. The first kappa shape index (κ1) is 20.0. The third kappa shape index (κ3) is 5.91. The van der Waals surface area contributed by atoms with Gasteiger partial charge in [-0.3, -0.25) is 4.79 Å². The molecular weight excluding hydrogens is 322 g/mol. The quantitative estimate of drug-likeness (QED) is 0.578. The third-order valence-corrected chi connectivity index (χ3v) is 4.42. The number of rotatable bonds is 9. The molecular formula is C23H31NO2. The van der Waals surface area contributed by atoms with Gasteiger partial charge in [0.1, 0.15) is 5.75 Å². The van der Waals surface area contributed by atoms with Gasteiger partial charge in [0.2, 0.25) is 5.91 Å². The van der Waals surface area contributed by atoms with Gasteiger partial charge < -0.3 is 10.1 Å². The van der Waals surface area contributed by atoms with Crippen molar-refractivity contribution in [3.63, 3.8) is 0 Å². The van der Waals surface area contributed by atoms with Crippen molar-refractivity contribution in [2.24, 2.45) is 5.92 Å². The molecule has 2 aromatic carbocycles. The van der Waals surface area contributed by atoms with Gasteiger partial charge in [-0.15, -0.1) is 0 Å². The number of carbonyl (C=O) groups excluding carboxylic acids is 1. The number of benzene rings is 2. The summed E-state index contributed by atoms with van der Waals surface area (Å²) in [6.07, 6.45) is 3.14. The van der Waals surface area contributed by atoms with Crippen LogP contribution in [-0.2, 0) is 11.2 Å². The lowest BCUT2D eigenvalue weighted by atomic mass is 9.96. The number of para-hydroxylation sites is 2.